The van der Waals surface area contributed by atoms with Gasteiger partial charge in [0, 0.05) is 12.3 Å². The molecule has 2 aromatic rings. The van der Waals surface area contributed by atoms with Crippen LogP contribution in [0.5, 0.6) is 0 Å². The number of nitrogens with zero attached hydrogens (tertiary/aromatic N) is 2. The highest BCUT2D eigenvalue weighted by molar-refractivity contribution is 5.90. The molecule has 0 aliphatic carbocycles. The molecule has 2 rings (SSSR count). The monoisotopic (exact) mass is 252 g/mol. The predicted molar refractivity (Wildman–Crippen MR) is 61.6 cm³/mol. The molecule has 0 aliphatic rings. The first-order chi connectivity index (χ1) is 8.54. The average Bonchev–Trinajstić information content (AvgIpc) is 2.69. The van der Waals surface area contributed by atoms with E-state index in [9.17, 15) is 13.6 Å². The molecule has 1 amide bonds. The van der Waals surface area contributed by atoms with E-state index in [0.717, 1.165) is 18.2 Å². The molecule has 0 atom stereocenters. The number of rotatable bonds is 3. The van der Waals surface area contributed by atoms with Crippen molar-refractivity contribution in [2.75, 3.05) is 11.1 Å². The number of halogens is 2. The van der Waals surface area contributed by atoms with Crippen LogP contribution in [0.3, 0.4) is 0 Å². The Labute approximate surface area is 101 Å². The zero-order valence-corrected chi connectivity index (χ0v) is 9.23. The molecule has 1 aromatic carbocycles. The number of carbonyl (C=O) groups excluding carboxylic acids is 1. The molecule has 0 radical (unpaired) electrons. The van der Waals surface area contributed by atoms with Crippen molar-refractivity contribution >= 4 is 17.4 Å². The Balaban J connectivity index is 2.05. The second kappa shape index (κ2) is 4.82. The van der Waals surface area contributed by atoms with Gasteiger partial charge in [-0.15, -0.1) is 0 Å². The summed E-state index contributed by atoms with van der Waals surface area (Å²) in [5, 5.41) is 6.05. The smallest absolute Gasteiger partial charge is 0.246 e. The van der Waals surface area contributed by atoms with E-state index in [4.69, 9.17) is 5.73 Å². The van der Waals surface area contributed by atoms with Gasteiger partial charge in [0.1, 0.15) is 24.0 Å². The molecule has 7 heteroatoms. The Morgan fingerprint density at radius 1 is 1.39 bits per heavy atom. The zero-order chi connectivity index (χ0) is 13.1. The summed E-state index contributed by atoms with van der Waals surface area (Å²) in [5.74, 6) is -1.58. The fourth-order valence-corrected chi connectivity index (χ4v) is 1.40. The van der Waals surface area contributed by atoms with Gasteiger partial charge in [0.2, 0.25) is 5.91 Å². The number of nitrogens with two attached hydrogens (primary N) is 1. The number of hydrogen-bond donors (Lipinski definition) is 2. The second-order valence-electron chi connectivity index (χ2n) is 3.61. The lowest BCUT2D eigenvalue weighted by Gasteiger charge is -2.06. The predicted octanol–water partition coefficient (Wildman–Crippen LogP) is 1.38. The first-order valence-corrected chi connectivity index (χ1v) is 5.08. The van der Waals surface area contributed by atoms with Crippen molar-refractivity contribution in [1.29, 1.82) is 0 Å². The van der Waals surface area contributed by atoms with Crippen LogP contribution in [-0.2, 0) is 11.3 Å². The summed E-state index contributed by atoms with van der Waals surface area (Å²) < 4.78 is 27.4. The number of nitrogen functional groups attached to an aromatic ring is 1. The Bertz CT molecular complexity index is 582. The van der Waals surface area contributed by atoms with Gasteiger partial charge in [0.25, 0.3) is 0 Å². The lowest BCUT2D eigenvalue weighted by atomic mass is 10.3. The minimum absolute atomic E-state index is 0.132. The maximum atomic E-state index is 13.2. The van der Waals surface area contributed by atoms with E-state index in [1.807, 2.05) is 0 Å². The summed E-state index contributed by atoms with van der Waals surface area (Å²) in [6.45, 7) is -0.132. The highest BCUT2D eigenvalue weighted by Crippen LogP contribution is 2.15. The molecule has 1 heterocycles. The first-order valence-electron chi connectivity index (χ1n) is 5.08. The largest absolute Gasteiger partial charge is 0.382 e. The third-order valence-electron chi connectivity index (χ3n) is 2.17. The lowest BCUT2D eigenvalue weighted by Crippen LogP contribution is -2.19. The van der Waals surface area contributed by atoms with Crippen LogP contribution in [0, 0.1) is 11.6 Å². The summed E-state index contributed by atoms with van der Waals surface area (Å²) in [6, 6.07) is 4.34. The highest BCUT2D eigenvalue weighted by atomic mass is 19.1. The number of amides is 1. The average molecular weight is 252 g/mol. The minimum atomic E-state index is -0.704. The maximum absolute atomic E-state index is 13.2. The van der Waals surface area contributed by atoms with Crippen LogP contribution >= 0.6 is 0 Å². The first kappa shape index (κ1) is 12.0. The number of benzene rings is 1. The fourth-order valence-electron chi connectivity index (χ4n) is 1.40. The number of carbonyl (C=O) groups is 1. The van der Waals surface area contributed by atoms with Crippen LogP contribution in [0.2, 0.25) is 0 Å². The Morgan fingerprint density at radius 3 is 2.83 bits per heavy atom. The van der Waals surface area contributed by atoms with Crippen LogP contribution in [0.15, 0.2) is 30.5 Å². The molecule has 3 N–H and O–H groups in total. The summed E-state index contributed by atoms with van der Waals surface area (Å²) in [7, 11) is 0. The van der Waals surface area contributed by atoms with Gasteiger partial charge in [0.05, 0.1) is 5.69 Å². The van der Waals surface area contributed by atoms with Gasteiger partial charge in [-0.25, -0.2) is 8.78 Å². The van der Waals surface area contributed by atoms with Gasteiger partial charge in [-0.1, -0.05) is 0 Å². The fraction of sp³-hybridized carbons (Fsp3) is 0.0909. The SMILES string of the molecule is Nc1ccn(CC(=O)Nc2cc(F)ccc2F)n1. The summed E-state index contributed by atoms with van der Waals surface area (Å²) in [4.78, 5) is 11.6. The third kappa shape index (κ3) is 2.82. The number of anilines is 2. The van der Waals surface area contributed by atoms with Gasteiger partial charge >= 0.3 is 0 Å². The van der Waals surface area contributed by atoms with E-state index < -0.39 is 17.5 Å². The molecule has 0 spiro atoms. The van der Waals surface area contributed by atoms with Crippen molar-refractivity contribution in [2.24, 2.45) is 0 Å². The van der Waals surface area contributed by atoms with Crippen LogP contribution in [-0.4, -0.2) is 15.7 Å². The number of aromatic nitrogens is 2. The number of hydrogen-bond acceptors (Lipinski definition) is 3. The zero-order valence-electron chi connectivity index (χ0n) is 9.23. The van der Waals surface area contributed by atoms with Crippen molar-refractivity contribution in [1.82, 2.24) is 9.78 Å². The van der Waals surface area contributed by atoms with E-state index in [1.165, 1.54) is 16.9 Å². The topological polar surface area (TPSA) is 72.9 Å². The van der Waals surface area contributed by atoms with Crippen molar-refractivity contribution < 1.29 is 13.6 Å². The Hall–Kier alpha value is -2.44. The summed E-state index contributed by atoms with van der Waals surface area (Å²) in [5.41, 5.74) is 5.17. The highest BCUT2D eigenvalue weighted by Gasteiger charge is 2.09. The molecule has 0 aliphatic heterocycles. The molecule has 5 nitrogen and oxygen atoms in total. The standard InChI is InChI=1S/C11H10F2N4O/c12-7-1-2-8(13)9(5-7)15-11(18)6-17-4-3-10(14)16-17/h1-5H,6H2,(H2,14,16)(H,15,18). The van der Waals surface area contributed by atoms with Crippen molar-refractivity contribution in [3.8, 4) is 0 Å². The van der Waals surface area contributed by atoms with Crippen LogP contribution in [0.25, 0.3) is 0 Å². The molecule has 94 valence electrons. The van der Waals surface area contributed by atoms with Crippen molar-refractivity contribution in [3.05, 3.63) is 42.1 Å². The molecule has 0 unspecified atom stereocenters. The van der Waals surface area contributed by atoms with E-state index in [2.05, 4.69) is 10.4 Å². The lowest BCUT2D eigenvalue weighted by molar-refractivity contribution is -0.116. The Kier molecular flexibility index (Phi) is 3.22. The van der Waals surface area contributed by atoms with Crippen LogP contribution < -0.4 is 11.1 Å². The molecule has 1 aromatic heterocycles. The molecule has 18 heavy (non-hydrogen) atoms. The second-order valence-corrected chi connectivity index (χ2v) is 3.61. The molecular formula is C11H10F2N4O. The van der Waals surface area contributed by atoms with Crippen molar-refractivity contribution in [2.45, 2.75) is 6.54 Å². The van der Waals surface area contributed by atoms with Gasteiger partial charge in [-0.2, -0.15) is 5.10 Å². The minimum Gasteiger partial charge on any atom is -0.382 e. The van der Waals surface area contributed by atoms with Crippen molar-refractivity contribution in [3.63, 3.8) is 0 Å². The molecule has 0 saturated heterocycles. The number of nitrogens with one attached hydrogen (secondary N) is 1. The van der Waals surface area contributed by atoms with E-state index >= 15 is 0 Å². The summed E-state index contributed by atoms with van der Waals surface area (Å²) in [6.07, 6.45) is 1.51. The molecular weight excluding hydrogens is 242 g/mol. The third-order valence-corrected chi connectivity index (χ3v) is 2.17. The van der Waals surface area contributed by atoms with Gasteiger partial charge in [-0.05, 0) is 18.2 Å². The molecule has 0 fully saturated rings. The molecule has 0 bridgehead atoms. The Morgan fingerprint density at radius 2 is 2.17 bits per heavy atom. The normalized spacial score (nSPS) is 10.3. The molecule has 0 saturated carbocycles. The van der Waals surface area contributed by atoms with E-state index in [1.54, 1.807) is 0 Å². The van der Waals surface area contributed by atoms with Gasteiger partial charge in [-0.3, -0.25) is 9.48 Å². The quantitative estimate of drug-likeness (QED) is 0.866. The van der Waals surface area contributed by atoms with Gasteiger partial charge in [0.15, 0.2) is 0 Å². The summed E-state index contributed by atoms with van der Waals surface area (Å²) >= 11 is 0. The maximum Gasteiger partial charge on any atom is 0.246 e. The van der Waals surface area contributed by atoms with E-state index in [0.29, 0.717) is 0 Å². The van der Waals surface area contributed by atoms with Gasteiger partial charge < -0.3 is 11.1 Å². The van der Waals surface area contributed by atoms with E-state index in [-0.39, 0.29) is 18.1 Å². The van der Waals surface area contributed by atoms with Crippen LogP contribution in [0.4, 0.5) is 20.3 Å². The van der Waals surface area contributed by atoms with Crippen LogP contribution in [0.1, 0.15) is 0 Å².